The second kappa shape index (κ2) is 8.07. The van der Waals surface area contributed by atoms with Crippen LogP contribution in [0.15, 0.2) is 49.4 Å². The van der Waals surface area contributed by atoms with E-state index >= 15 is 0 Å². The molecule has 0 bridgehead atoms. The number of halogens is 1. The third kappa shape index (κ3) is 3.81. The first-order chi connectivity index (χ1) is 14.1. The van der Waals surface area contributed by atoms with Crippen LogP contribution in [0.25, 0.3) is 5.69 Å². The lowest BCUT2D eigenvalue weighted by Crippen LogP contribution is -2.31. The fraction of sp³-hybridized carbons (Fsp3) is 0.150. The number of nitrogens with zero attached hydrogens (tertiary/aromatic N) is 3. The molecule has 1 heterocycles. The molecule has 0 aliphatic rings. The Morgan fingerprint density at radius 1 is 1.17 bits per heavy atom. The van der Waals surface area contributed by atoms with E-state index in [9.17, 15) is 24.8 Å². The average molecular weight is 473 g/mol. The SMILES string of the molecule is Cc1cc([N+](=O)[O-])ccc1N=Cc1c(O)n(-c2ccc(Br)c(C)c2C)c(=O)[nH]c1=O. The van der Waals surface area contributed by atoms with Crippen LogP contribution in [0, 0.1) is 30.9 Å². The maximum Gasteiger partial charge on any atom is 0.335 e. The van der Waals surface area contributed by atoms with Gasteiger partial charge in [-0.1, -0.05) is 15.9 Å². The number of hydrogen-bond acceptors (Lipinski definition) is 6. The highest BCUT2D eigenvalue weighted by Crippen LogP contribution is 2.27. The van der Waals surface area contributed by atoms with Gasteiger partial charge < -0.3 is 5.11 Å². The first-order valence-corrected chi connectivity index (χ1v) is 9.54. The van der Waals surface area contributed by atoms with Crippen LogP contribution in [0.2, 0.25) is 0 Å². The summed E-state index contributed by atoms with van der Waals surface area (Å²) < 4.78 is 1.84. The van der Waals surface area contributed by atoms with Gasteiger partial charge in [-0.2, -0.15) is 0 Å². The number of nitro benzene ring substituents is 1. The van der Waals surface area contributed by atoms with Crippen LogP contribution in [-0.4, -0.2) is 25.8 Å². The Hall–Kier alpha value is -3.53. The molecule has 3 rings (SSSR count). The van der Waals surface area contributed by atoms with Crippen LogP contribution in [-0.2, 0) is 0 Å². The number of nitrogens with one attached hydrogen (secondary N) is 1. The summed E-state index contributed by atoms with van der Waals surface area (Å²) >= 11 is 3.42. The minimum atomic E-state index is -0.802. The predicted octanol–water partition coefficient (Wildman–Crippen LogP) is 3.58. The van der Waals surface area contributed by atoms with Crippen molar-refractivity contribution >= 4 is 33.5 Å². The van der Waals surface area contributed by atoms with Crippen LogP contribution in [0.3, 0.4) is 0 Å². The quantitative estimate of drug-likeness (QED) is 0.340. The molecule has 1 aromatic heterocycles. The summed E-state index contributed by atoms with van der Waals surface area (Å²) in [5.74, 6) is -0.558. The molecule has 0 spiro atoms. The molecule has 0 fully saturated rings. The second-order valence-electron chi connectivity index (χ2n) is 6.63. The first kappa shape index (κ1) is 21.2. The second-order valence-corrected chi connectivity index (χ2v) is 7.49. The lowest BCUT2D eigenvalue weighted by molar-refractivity contribution is -0.384. The number of aromatic hydroxyl groups is 1. The molecule has 2 N–H and O–H groups in total. The van der Waals surface area contributed by atoms with Crippen LogP contribution < -0.4 is 11.2 Å². The molecule has 0 atom stereocenters. The molecule has 154 valence electrons. The zero-order chi connectivity index (χ0) is 22.2. The summed E-state index contributed by atoms with van der Waals surface area (Å²) in [6, 6.07) is 7.47. The van der Waals surface area contributed by atoms with E-state index < -0.39 is 22.1 Å². The molecule has 0 aliphatic heterocycles. The number of aliphatic imine (C=N–C) groups is 1. The lowest BCUT2D eigenvalue weighted by Gasteiger charge is -2.14. The van der Waals surface area contributed by atoms with E-state index in [1.807, 2.05) is 6.92 Å². The van der Waals surface area contributed by atoms with Crippen LogP contribution in [0.4, 0.5) is 11.4 Å². The maximum atomic E-state index is 12.4. The van der Waals surface area contributed by atoms with Crippen LogP contribution in [0.1, 0.15) is 22.3 Å². The number of nitro groups is 1. The fourth-order valence-corrected chi connectivity index (χ4v) is 3.36. The Morgan fingerprint density at radius 3 is 2.50 bits per heavy atom. The van der Waals surface area contributed by atoms with Gasteiger partial charge in [-0.25, -0.2) is 9.36 Å². The molecule has 0 unspecified atom stereocenters. The summed E-state index contributed by atoms with van der Waals surface area (Å²) in [4.78, 5) is 41.4. The summed E-state index contributed by atoms with van der Waals surface area (Å²) in [6.45, 7) is 5.29. The molecule has 3 aromatic rings. The maximum absolute atomic E-state index is 12.4. The molecule has 9 nitrogen and oxygen atoms in total. The summed E-state index contributed by atoms with van der Waals surface area (Å²) in [5, 5.41) is 21.6. The lowest BCUT2D eigenvalue weighted by atomic mass is 10.1. The van der Waals surface area contributed by atoms with E-state index in [-0.39, 0.29) is 11.3 Å². The predicted molar refractivity (Wildman–Crippen MR) is 117 cm³/mol. The minimum absolute atomic E-state index is 0.0817. The number of aromatic nitrogens is 2. The standard InChI is InChI=1S/C20H17BrN4O5/c1-10-8-13(25(29)30)4-6-16(10)22-9-14-18(26)23-20(28)24(19(14)27)17-7-5-15(21)11(2)12(17)3/h4-9,27H,1-3H3,(H,23,26,28). The van der Waals surface area contributed by atoms with Crippen molar-refractivity contribution in [1.82, 2.24) is 9.55 Å². The third-order valence-corrected chi connectivity index (χ3v) is 5.64. The van der Waals surface area contributed by atoms with Crippen molar-refractivity contribution < 1.29 is 10.0 Å². The van der Waals surface area contributed by atoms with E-state index in [4.69, 9.17) is 0 Å². The third-order valence-electron chi connectivity index (χ3n) is 4.78. The molecule has 0 saturated heterocycles. The first-order valence-electron chi connectivity index (χ1n) is 8.75. The Labute approximate surface area is 178 Å². The number of H-pyrrole nitrogens is 1. The number of non-ortho nitro benzene ring substituents is 1. The zero-order valence-electron chi connectivity index (χ0n) is 16.3. The number of benzene rings is 2. The summed E-state index contributed by atoms with van der Waals surface area (Å²) in [5.41, 5.74) is 1.04. The van der Waals surface area contributed by atoms with Gasteiger partial charge in [0.05, 0.1) is 16.3 Å². The van der Waals surface area contributed by atoms with Crippen molar-refractivity contribution in [2.75, 3.05) is 0 Å². The van der Waals surface area contributed by atoms with E-state index in [0.717, 1.165) is 26.4 Å². The molecular weight excluding hydrogens is 456 g/mol. The van der Waals surface area contributed by atoms with Gasteiger partial charge in [0.2, 0.25) is 5.88 Å². The Balaban J connectivity index is 2.14. The van der Waals surface area contributed by atoms with Crippen molar-refractivity contribution in [3.63, 3.8) is 0 Å². The number of aromatic amines is 1. The number of rotatable bonds is 4. The van der Waals surface area contributed by atoms with Gasteiger partial charge in [0.25, 0.3) is 11.2 Å². The molecule has 0 amide bonds. The van der Waals surface area contributed by atoms with Gasteiger partial charge in [-0.15, -0.1) is 0 Å². The molecular formula is C20H17BrN4O5. The van der Waals surface area contributed by atoms with Crippen molar-refractivity contribution in [2.24, 2.45) is 4.99 Å². The topological polar surface area (TPSA) is 131 Å². The molecule has 0 radical (unpaired) electrons. The monoisotopic (exact) mass is 472 g/mol. The molecule has 30 heavy (non-hydrogen) atoms. The Morgan fingerprint density at radius 2 is 1.87 bits per heavy atom. The van der Waals surface area contributed by atoms with Gasteiger partial charge in [0.1, 0.15) is 5.56 Å². The van der Waals surface area contributed by atoms with Gasteiger partial charge in [0, 0.05) is 22.8 Å². The van der Waals surface area contributed by atoms with Crippen molar-refractivity contribution in [2.45, 2.75) is 20.8 Å². The highest BCUT2D eigenvalue weighted by molar-refractivity contribution is 9.10. The van der Waals surface area contributed by atoms with Gasteiger partial charge in [-0.05, 0) is 55.7 Å². The summed E-state index contributed by atoms with van der Waals surface area (Å²) in [6.07, 6.45) is 1.12. The van der Waals surface area contributed by atoms with Crippen molar-refractivity contribution in [3.8, 4) is 11.6 Å². The van der Waals surface area contributed by atoms with Crippen molar-refractivity contribution in [3.05, 3.63) is 88.0 Å². The van der Waals surface area contributed by atoms with E-state index in [1.54, 1.807) is 26.0 Å². The van der Waals surface area contributed by atoms with Gasteiger partial charge in [-0.3, -0.25) is 24.9 Å². The van der Waals surface area contributed by atoms with E-state index in [0.29, 0.717) is 16.9 Å². The molecule has 0 saturated carbocycles. The van der Waals surface area contributed by atoms with E-state index in [2.05, 4.69) is 25.9 Å². The summed E-state index contributed by atoms with van der Waals surface area (Å²) in [7, 11) is 0. The molecule has 10 heteroatoms. The number of aryl methyl sites for hydroxylation is 1. The Bertz CT molecular complexity index is 1320. The molecule has 0 aliphatic carbocycles. The highest BCUT2D eigenvalue weighted by atomic mass is 79.9. The highest BCUT2D eigenvalue weighted by Gasteiger charge is 2.17. The Kier molecular flexibility index (Phi) is 5.70. The van der Waals surface area contributed by atoms with Crippen LogP contribution in [0.5, 0.6) is 5.88 Å². The van der Waals surface area contributed by atoms with Crippen molar-refractivity contribution in [1.29, 1.82) is 0 Å². The van der Waals surface area contributed by atoms with E-state index in [1.165, 1.54) is 18.2 Å². The van der Waals surface area contributed by atoms with Gasteiger partial charge in [0.15, 0.2) is 0 Å². The fourth-order valence-electron chi connectivity index (χ4n) is 2.93. The van der Waals surface area contributed by atoms with Gasteiger partial charge >= 0.3 is 5.69 Å². The number of hydrogen-bond donors (Lipinski definition) is 2. The average Bonchev–Trinajstić information content (AvgIpc) is 2.68. The minimum Gasteiger partial charge on any atom is -0.493 e. The largest absolute Gasteiger partial charge is 0.493 e. The smallest absolute Gasteiger partial charge is 0.335 e. The zero-order valence-corrected chi connectivity index (χ0v) is 17.8. The normalized spacial score (nSPS) is 11.2. The molecule has 2 aromatic carbocycles. The van der Waals surface area contributed by atoms with Crippen LogP contribution >= 0.6 is 15.9 Å².